The molecule has 1 N–H and O–H groups in total. The summed E-state index contributed by atoms with van der Waals surface area (Å²) in [5.74, 6) is 2.14. The van der Waals surface area contributed by atoms with Gasteiger partial charge in [-0.05, 0) is 74.0 Å². The largest absolute Gasteiger partial charge is 0.347 e. The summed E-state index contributed by atoms with van der Waals surface area (Å²) in [5.41, 5.74) is 1.29. The van der Waals surface area contributed by atoms with Crippen LogP contribution in [0.4, 0.5) is 0 Å². The van der Waals surface area contributed by atoms with Crippen LogP contribution in [0.2, 0.25) is 0 Å². The third-order valence-corrected chi connectivity index (χ3v) is 6.82. The maximum absolute atomic E-state index is 12.9. The lowest BCUT2D eigenvalue weighted by Gasteiger charge is -2.55. The highest BCUT2D eigenvalue weighted by Gasteiger charge is 2.54. The van der Waals surface area contributed by atoms with Crippen molar-refractivity contribution in [3.05, 3.63) is 35.4 Å². The summed E-state index contributed by atoms with van der Waals surface area (Å²) in [4.78, 5) is 27.0. The van der Waals surface area contributed by atoms with E-state index in [0.717, 1.165) is 24.8 Å². The van der Waals surface area contributed by atoms with Crippen LogP contribution in [-0.4, -0.2) is 30.3 Å². The number of likely N-dealkylation sites (N-methyl/N-ethyl adjacent to an activating group) is 1. The quantitative estimate of drug-likeness (QED) is 0.872. The summed E-state index contributed by atoms with van der Waals surface area (Å²) in [6.45, 7) is 0.483. The second-order valence-corrected chi connectivity index (χ2v) is 8.94. The predicted molar refractivity (Wildman–Crippen MR) is 101 cm³/mol. The molecule has 4 bridgehead atoms. The Balaban J connectivity index is 1.32. The van der Waals surface area contributed by atoms with E-state index in [0.29, 0.717) is 29.9 Å². The van der Waals surface area contributed by atoms with Gasteiger partial charge in [-0.3, -0.25) is 9.59 Å². The fourth-order valence-electron chi connectivity index (χ4n) is 5.97. The fourth-order valence-corrected chi connectivity index (χ4v) is 5.97. The topological polar surface area (TPSA) is 73.2 Å². The van der Waals surface area contributed by atoms with Crippen molar-refractivity contribution in [3.63, 3.8) is 0 Å². The van der Waals surface area contributed by atoms with Crippen LogP contribution in [0, 0.1) is 34.5 Å². The zero-order valence-electron chi connectivity index (χ0n) is 15.9. The lowest BCUT2D eigenvalue weighted by atomic mass is 9.49. The number of nitriles is 1. The van der Waals surface area contributed by atoms with Crippen molar-refractivity contribution in [2.24, 2.45) is 23.2 Å². The van der Waals surface area contributed by atoms with E-state index in [-0.39, 0.29) is 23.8 Å². The SMILES string of the molecule is CN(Cc1cccc(C#N)c1)C(=O)CNC(=O)C12CC3CC(CC(C3)C1)C2. The molecule has 0 spiro atoms. The summed E-state index contributed by atoms with van der Waals surface area (Å²) < 4.78 is 0. The van der Waals surface area contributed by atoms with Crippen LogP contribution >= 0.6 is 0 Å². The average Bonchev–Trinajstić information content (AvgIpc) is 2.64. The Morgan fingerprint density at radius 3 is 2.41 bits per heavy atom. The zero-order valence-corrected chi connectivity index (χ0v) is 15.9. The molecule has 4 aliphatic rings. The molecule has 0 aromatic heterocycles. The summed E-state index contributed by atoms with van der Waals surface area (Å²) in [7, 11) is 1.73. The highest BCUT2D eigenvalue weighted by atomic mass is 16.2. The number of carbonyl (C=O) groups is 2. The average molecular weight is 365 g/mol. The molecule has 0 unspecified atom stereocenters. The third kappa shape index (κ3) is 3.58. The first kappa shape index (κ1) is 18.0. The van der Waals surface area contributed by atoms with Crippen molar-refractivity contribution >= 4 is 11.8 Å². The van der Waals surface area contributed by atoms with Crippen molar-refractivity contribution in [2.45, 2.75) is 45.1 Å². The molecule has 0 atom stereocenters. The number of nitrogens with one attached hydrogen (secondary N) is 1. The van der Waals surface area contributed by atoms with Crippen molar-refractivity contribution < 1.29 is 9.59 Å². The Morgan fingerprint density at radius 1 is 1.19 bits per heavy atom. The van der Waals surface area contributed by atoms with E-state index in [1.807, 2.05) is 12.1 Å². The Kier molecular flexibility index (Phi) is 4.67. The van der Waals surface area contributed by atoms with Crippen LogP contribution in [-0.2, 0) is 16.1 Å². The van der Waals surface area contributed by atoms with Gasteiger partial charge in [-0.15, -0.1) is 0 Å². The van der Waals surface area contributed by atoms with Gasteiger partial charge in [0.25, 0.3) is 0 Å². The van der Waals surface area contributed by atoms with Gasteiger partial charge in [-0.2, -0.15) is 5.26 Å². The lowest BCUT2D eigenvalue weighted by molar-refractivity contribution is -0.147. The maximum atomic E-state index is 12.9. The number of carbonyl (C=O) groups excluding carboxylic acids is 2. The van der Waals surface area contributed by atoms with Crippen LogP contribution in [0.5, 0.6) is 0 Å². The molecule has 2 amide bonds. The Morgan fingerprint density at radius 2 is 1.81 bits per heavy atom. The van der Waals surface area contributed by atoms with Gasteiger partial charge in [-0.25, -0.2) is 0 Å². The maximum Gasteiger partial charge on any atom is 0.242 e. The first-order valence-corrected chi connectivity index (χ1v) is 9.99. The Labute approximate surface area is 160 Å². The molecule has 5 heteroatoms. The molecule has 5 nitrogen and oxygen atoms in total. The smallest absolute Gasteiger partial charge is 0.242 e. The van der Waals surface area contributed by atoms with Crippen LogP contribution < -0.4 is 5.32 Å². The second-order valence-electron chi connectivity index (χ2n) is 8.94. The van der Waals surface area contributed by atoms with Gasteiger partial charge in [0.05, 0.1) is 18.2 Å². The van der Waals surface area contributed by atoms with Crippen LogP contribution in [0.15, 0.2) is 24.3 Å². The number of hydrogen-bond donors (Lipinski definition) is 1. The van der Waals surface area contributed by atoms with Gasteiger partial charge in [0.1, 0.15) is 0 Å². The van der Waals surface area contributed by atoms with Crippen LogP contribution in [0.25, 0.3) is 0 Å². The third-order valence-electron chi connectivity index (χ3n) is 6.82. The Bertz CT molecular complexity index is 760. The second kappa shape index (κ2) is 6.99. The predicted octanol–water partition coefficient (Wildman–Crippen LogP) is 2.85. The molecule has 4 saturated carbocycles. The van der Waals surface area contributed by atoms with E-state index >= 15 is 0 Å². The minimum Gasteiger partial charge on any atom is -0.347 e. The van der Waals surface area contributed by atoms with Gasteiger partial charge in [0.2, 0.25) is 11.8 Å². The van der Waals surface area contributed by atoms with E-state index in [2.05, 4.69) is 11.4 Å². The molecule has 5 rings (SSSR count). The fraction of sp³-hybridized carbons (Fsp3) is 0.591. The molecule has 4 aliphatic carbocycles. The van der Waals surface area contributed by atoms with Crippen LogP contribution in [0.1, 0.15) is 49.7 Å². The van der Waals surface area contributed by atoms with E-state index in [1.165, 1.54) is 19.3 Å². The summed E-state index contributed by atoms with van der Waals surface area (Å²) >= 11 is 0. The van der Waals surface area contributed by atoms with E-state index in [1.54, 1.807) is 24.1 Å². The highest BCUT2D eigenvalue weighted by molar-refractivity contribution is 5.88. The normalized spacial score (nSPS) is 30.6. The first-order valence-electron chi connectivity index (χ1n) is 9.99. The molecule has 0 aliphatic heterocycles. The van der Waals surface area contributed by atoms with Gasteiger partial charge in [0, 0.05) is 19.0 Å². The summed E-state index contributed by atoms with van der Waals surface area (Å²) in [5, 5.41) is 11.9. The van der Waals surface area contributed by atoms with Gasteiger partial charge >= 0.3 is 0 Å². The number of benzene rings is 1. The minimum absolute atomic E-state index is 0.0506. The van der Waals surface area contributed by atoms with Gasteiger partial charge in [0.15, 0.2) is 0 Å². The minimum atomic E-state index is -0.214. The van der Waals surface area contributed by atoms with Crippen molar-refractivity contribution in [3.8, 4) is 6.07 Å². The van der Waals surface area contributed by atoms with Gasteiger partial charge in [-0.1, -0.05) is 12.1 Å². The number of hydrogen-bond acceptors (Lipinski definition) is 3. The molecule has 1 aromatic rings. The molecule has 0 radical (unpaired) electrons. The standard InChI is InChI=1S/C22H27N3O2/c1-25(14-16-4-2-3-15(5-16)12-23)20(26)13-24-21(27)22-9-17-6-18(10-22)8-19(7-17)11-22/h2-5,17-19H,6-11,13-14H2,1H3,(H,24,27). The molecule has 27 heavy (non-hydrogen) atoms. The van der Waals surface area contributed by atoms with Crippen LogP contribution in [0.3, 0.4) is 0 Å². The van der Waals surface area contributed by atoms with Gasteiger partial charge < -0.3 is 10.2 Å². The Hall–Kier alpha value is -2.35. The molecular formula is C22H27N3O2. The molecule has 0 saturated heterocycles. The highest BCUT2D eigenvalue weighted by Crippen LogP contribution is 2.60. The summed E-state index contributed by atoms with van der Waals surface area (Å²) in [6.07, 6.45) is 6.93. The monoisotopic (exact) mass is 365 g/mol. The number of nitrogens with zero attached hydrogens (tertiary/aromatic N) is 2. The molecule has 4 fully saturated rings. The van der Waals surface area contributed by atoms with E-state index in [9.17, 15) is 9.59 Å². The van der Waals surface area contributed by atoms with E-state index < -0.39 is 0 Å². The van der Waals surface area contributed by atoms with Crippen molar-refractivity contribution in [1.82, 2.24) is 10.2 Å². The number of amides is 2. The molecular weight excluding hydrogens is 338 g/mol. The number of rotatable bonds is 5. The zero-order chi connectivity index (χ0) is 19.0. The first-order chi connectivity index (χ1) is 13.0. The lowest BCUT2D eigenvalue weighted by Crippen LogP contribution is -2.54. The molecule has 0 heterocycles. The molecule has 142 valence electrons. The molecule has 1 aromatic carbocycles. The van der Waals surface area contributed by atoms with E-state index in [4.69, 9.17) is 5.26 Å². The summed E-state index contributed by atoms with van der Waals surface area (Å²) in [6, 6.07) is 9.37. The van der Waals surface area contributed by atoms with Crippen molar-refractivity contribution in [1.29, 1.82) is 5.26 Å². The van der Waals surface area contributed by atoms with Crippen molar-refractivity contribution in [2.75, 3.05) is 13.6 Å².